The van der Waals surface area contributed by atoms with Gasteiger partial charge in [-0.3, -0.25) is 0 Å². The predicted octanol–water partition coefficient (Wildman–Crippen LogP) is 4.17. The van der Waals surface area contributed by atoms with Crippen molar-refractivity contribution in [3.8, 4) is 5.75 Å². The van der Waals surface area contributed by atoms with Gasteiger partial charge in [0, 0.05) is 18.5 Å². The van der Waals surface area contributed by atoms with Crippen LogP contribution in [0, 0.1) is 16.7 Å². The summed E-state index contributed by atoms with van der Waals surface area (Å²) in [6.45, 7) is 15.8. The zero-order valence-corrected chi connectivity index (χ0v) is 14.3. The summed E-state index contributed by atoms with van der Waals surface area (Å²) in [5.41, 5.74) is 3.51. The van der Waals surface area contributed by atoms with E-state index in [0.29, 0.717) is 10.8 Å². The van der Waals surface area contributed by atoms with E-state index < -0.39 is 0 Å². The minimum atomic E-state index is -0.0566. The van der Waals surface area contributed by atoms with Gasteiger partial charge in [-0.25, -0.2) is 0 Å². The van der Waals surface area contributed by atoms with Gasteiger partial charge < -0.3 is 10.1 Å². The van der Waals surface area contributed by atoms with Crippen molar-refractivity contribution in [3.05, 3.63) is 29.3 Å². The van der Waals surface area contributed by atoms with Crippen LogP contribution in [0.4, 0.5) is 0 Å². The van der Waals surface area contributed by atoms with E-state index in [4.69, 9.17) is 4.74 Å². The molecule has 21 heavy (non-hydrogen) atoms. The summed E-state index contributed by atoms with van der Waals surface area (Å²) in [4.78, 5) is 0. The van der Waals surface area contributed by atoms with Crippen LogP contribution in [-0.2, 0) is 13.0 Å². The summed E-state index contributed by atoms with van der Waals surface area (Å²) in [6.07, 6.45) is 1.01. The van der Waals surface area contributed by atoms with E-state index in [1.807, 2.05) is 0 Å². The molecule has 0 saturated heterocycles. The number of nitrogens with one attached hydrogen (secondary N) is 1. The van der Waals surface area contributed by atoms with Crippen LogP contribution in [0.1, 0.15) is 52.7 Å². The molecule has 0 unspecified atom stereocenters. The highest BCUT2D eigenvalue weighted by Gasteiger charge is 2.63. The molecular weight excluding hydrogens is 258 g/mol. The van der Waals surface area contributed by atoms with Gasteiger partial charge >= 0.3 is 0 Å². The molecule has 1 aliphatic heterocycles. The summed E-state index contributed by atoms with van der Waals surface area (Å²) in [6, 6.07) is 6.54. The van der Waals surface area contributed by atoms with E-state index in [-0.39, 0.29) is 5.60 Å². The van der Waals surface area contributed by atoms with Crippen molar-refractivity contribution in [3.63, 3.8) is 0 Å². The molecule has 1 N–H and O–H groups in total. The quantitative estimate of drug-likeness (QED) is 0.897. The minimum absolute atomic E-state index is 0.0566. The van der Waals surface area contributed by atoms with Crippen molar-refractivity contribution in [2.75, 3.05) is 6.54 Å². The lowest BCUT2D eigenvalue weighted by molar-refractivity contribution is 0.137. The number of hydrogen-bond donors (Lipinski definition) is 1. The Balaban J connectivity index is 1.62. The average Bonchev–Trinajstić information content (AvgIpc) is 2.66. The Hall–Kier alpha value is -1.02. The molecule has 1 aromatic rings. The Bertz CT molecular complexity index is 543. The van der Waals surface area contributed by atoms with Gasteiger partial charge in [0.1, 0.15) is 11.4 Å². The number of para-hydroxylation sites is 1. The minimum Gasteiger partial charge on any atom is -0.487 e. The number of rotatable bonds is 4. The fourth-order valence-corrected chi connectivity index (χ4v) is 4.01. The Morgan fingerprint density at radius 3 is 2.38 bits per heavy atom. The maximum atomic E-state index is 6.14. The lowest BCUT2D eigenvalue weighted by Crippen LogP contribution is -2.25. The molecule has 2 aliphatic rings. The molecule has 1 fully saturated rings. The summed E-state index contributed by atoms with van der Waals surface area (Å²) < 4.78 is 6.14. The Kier molecular flexibility index (Phi) is 3.18. The first-order valence-electron chi connectivity index (χ1n) is 8.16. The van der Waals surface area contributed by atoms with Crippen LogP contribution in [0.3, 0.4) is 0 Å². The smallest absolute Gasteiger partial charge is 0.127 e. The van der Waals surface area contributed by atoms with E-state index in [1.165, 1.54) is 11.1 Å². The van der Waals surface area contributed by atoms with Gasteiger partial charge in [0.05, 0.1) is 0 Å². The number of benzene rings is 1. The van der Waals surface area contributed by atoms with Crippen LogP contribution in [-0.4, -0.2) is 12.1 Å². The average molecular weight is 287 g/mol. The van der Waals surface area contributed by atoms with Crippen LogP contribution in [0.15, 0.2) is 18.2 Å². The van der Waals surface area contributed by atoms with Crippen LogP contribution >= 0.6 is 0 Å². The largest absolute Gasteiger partial charge is 0.487 e. The molecule has 1 aliphatic carbocycles. The molecule has 0 bridgehead atoms. The Labute approximate surface area is 129 Å². The van der Waals surface area contributed by atoms with Gasteiger partial charge in [-0.15, -0.1) is 0 Å². The molecule has 2 nitrogen and oxygen atoms in total. The lowest BCUT2D eigenvalue weighted by Gasteiger charge is -2.18. The maximum Gasteiger partial charge on any atom is 0.127 e. The van der Waals surface area contributed by atoms with E-state index in [9.17, 15) is 0 Å². The summed E-state index contributed by atoms with van der Waals surface area (Å²) >= 11 is 0. The van der Waals surface area contributed by atoms with E-state index >= 15 is 0 Å². The first-order valence-corrected chi connectivity index (χ1v) is 8.16. The third kappa shape index (κ3) is 2.38. The zero-order chi connectivity index (χ0) is 15.5. The van der Waals surface area contributed by atoms with Gasteiger partial charge in [0.25, 0.3) is 0 Å². The van der Waals surface area contributed by atoms with Crippen LogP contribution in [0.25, 0.3) is 0 Å². The fraction of sp³-hybridized carbons (Fsp3) is 0.684. The highest BCUT2D eigenvalue weighted by atomic mass is 16.5. The third-order valence-electron chi connectivity index (χ3n) is 6.16. The van der Waals surface area contributed by atoms with Crippen molar-refractivity contribution in [1.82, 2.24) is 5.32 Å². The maximum absolute atomic E-state index is 6.14. The van der Waals surface area contributed by atoms with Gasteiger partial charge in [0.2, 0.25) is 0 Å². The Morgan fingerprint density at radius 2 is 1.76 bits per heavy atom. The second-order valence-electron chi connectivity index (χ2n) is 8.57. The SMILES string of the molecule is CC1(C)Cc2cccc(CNCC3C(C)(C)C3(C)C)c2O1. The normalized spacial score (nSPS) is 24.5. The predicted molar refractivity (Wildman–Crippen MR) is 87.6 cm³/mol. The highest BCUT2D eigenvalue weighted by Crippen LogP contribution is 2.67. The van der Waals surface area contributed by atoms with Crippen molar-refractivity contribution < 1.29 is 4.74 Å². The first kappa shape index (κ1) is 14.9. The highest BCUT2D eigenvalue weighted by molar-refractivity contribution is 5.45. The molecule has 2 heteroatoms. The van der Waals surface area contributed by atoms with Gasteiger partial charge in [-0.2, -0.15) is 0 Å². The molecule has 0 aromatic heterocycles. The van der Waals surface area contributed by atoms with E-state index in [0.717, 1.165) is 31.2 Å². The van der Waals surface area contributed by atoms with Gasteiger partial charge in [-0.05, 0) is 42.7 Å². The van der Waals surface area contributed by atoms with Crippen molar-refractivity contribution in [2.24, 2.45) is 16.7 Å². The second-order valence-corrected chi connectivity index (χ2v) is 8.57. The monoisotopic (exact) mass is 287 g/mol. The molecular formula is C19H29NO. The zero-order valence-electron chi connectivity index (χ0n) is 14.3. The van der Waals surface area contributed by atoms with Crippen molar-refractivity contribution in [1.29, 1.82) is 0 Å². The van der Waals surface area contributed by atoms with Crippen LogP contribution in [0.5, 0.6) is 5.75 Å². The van der Waals surface area contributed by atoms with Gasteiger partial charge in [0.15, 0.2) is 0 Å². The first-order chi connectivity index (χ1) is 9.65. The Morgan fingerprint density at radius 1 is 1.10 bits per heavy atom. The van der Waals surface area contributed by atoms with Crippen LogP contribution in [0.2, 0.25) is 0 Å². The second kappa shape index (κ2) is 4.49. The molecule has 1 aromatic carbocycles. The van der Waals surface area contributed by atoms with Gasteiger partial charge in [-0.1, -0.05) is 45.9 Å². The molecule has 0 spiro atoms. The fourth-order valence-electron chi connectivity index (χ4n) is 4.01. The molecule has 1 heterocycles. The molecule has 116 valence electrons. The molecule has 0 radical (unpaired) electrons. The summed E-state index contributed by atoms with van der Waals surface area (Å²) in [5, 5.41) is 3.65. The number of fused-ring (bicyclic) bond motifs is 1. The lowest BCUT2D eigenvalue weighted by atomic mass is 10.0. The molecule has 0 atom stereocenters. The molecule has 1 saturated carbocycles. The third-order valence-corrected chi connectivity index (χ3v) is 6.16. The van der Waals surface area contributed by atoms with Crippen molar-refractivity contribution in [2.45, 2.75) is 60.1 Å². The standard InChI is InChI=1S/C19H29NO/c1-17(2)10-13-8-7-9-14(16(13)21-17)11-20-12-15-18(3,4)19(15,5)6/h7-9,15,20H,10-12H2,1-6H3. The topological polar surface area (TPSA) is 21.3 Å². The molecule has 3 rings (SSSR count). The van der Waals surface area contributed by atoms with E-state index in [2.05, 4.69) is 65.1 Å². The summed E-state index contributed by atoms with van der Waals surface area (Å²) in [7, 11) is 0. The van der Waals surface area contributed by atoms with Crippen molar-refractivity contribution >= 4 is 0 Å². The summed E-state index contributed by atoms with van der Waals surface area (Å²) in [5.74, 6) is 1.88. The molecule has 0 amide bonds. The number of ether oxygens (including phenoxy) is 1. The van der Waals surface area contributed by atoms with E-state index in [1.54, 1.807) is 0 Å². The number of hydrogen-bond acceptors (Lipinski definition) is 2. The van der Waals surface area contributed by atoms with Crippen LogP contribution < -0.4 is 10.1 Å².